The molecule has 0 bridgehead atoms. The summed E-state index contributed by atoms with van der Waals surface area (Å²) in [4.78, 5) is 0. The zero-order valence-corrected chi connectivity index (χ0v) is 9.03. The largest absolute Gasteiger partial charge is 0.356 e. The fraction of sp³-hybridized carbons (Fsp3) is 0.417. The van der Waals surface area contributed by atoms with Crippen molar-refractivity contribution in [2.45, 2.75) is 32.9 Å². The molecule has 0 amide bonds. The van der Waals surface area contributed by atoms with Gasteiger partial charge in [-0.05, 0) is 31.4 Å². The highest BCUT2D eigenvalue weighted by Crippen LogP contribution is 2.23. The van der Waals surface area contributed by atoms with Crippen LogP contribution in [-0.2, 0) is 19.5 Å². The molecule has 2 N–H and O–H groups in total. The lowest BCUT2D eigenvalue weighted by Crippen LogP contribution is -2.39. The molecule has 0 fully saturated rings. The Labute approximate surface area is 89.1 Å². The number of anilines is 1. The van der Waals surface area contributed by atoms with Crippen molar-refractivity contribution < 1.29 is 4.57 Å². The second kappa shape index (κ2) is 2.99. The number of aryl methyl sites for hydroxylation is 3. The van der Waals surface area contributed by atoms with Crippen molar-refractivity contribution in [2.75, 3.05) is 5.73 Å². The smallest absolute Gasteiger partial charge is 0.290 e. The Morgan fingerprint density at radius 2 is 2.33 bits per heavy atom. The molecule has 2 heterocycles. The van der Waals surface area contributed by atoms with Crippen molar-refractivity contribution in [3.63, 3.8) is 0 Å². The lowest BCUT2D eigenvalue weighted by Gasteiger charge is -2.10. The highest BCUT2D eigenvalue weighted by atomic mass is 15.2. The molecule has 0 saturated heterocycles. The molecule has 0 unspecified atom stereocenters. The summed E-state index contributed by atoms with van der Waals surface area (Å²) in [7, 11) is 0. The molecule has 1 aromatic heterocycles. The summed E-state index contributed by atoms with van der Waals surface area (Å²) in [5.41, 5.74) is 10.2. The van der Waals surface area contributed by atoms with Crippen LogP contribution in [-0.4, -0.2) is 4.57 Å². The predicted molar refractivity (Wildman–Crippen MR) is 60.5 cm³/mol. The van der Waals surface area contributed by atoms with Crippen molar-refractivity contribution in [3.05, 3.63) is 23.8 Å². The number of nitrogen functional groups attached to an aromatic ring is 1. The summed E-state index contributed by atoms with van der Waals surface area (Å²) in [5.74, 6) is 0.902. The van der Waals surface area contributed by atoms with Crippen LogP contribution in [0.5, 0.6) is 0 Å². The minimum atomic E-state index is 0.902. The Morgan fingerprint density at radius 1 is 1.47 bits per heavy atom. The fourth-order valence-electron chi connectivity index (χ4n) is 2.68. The third-order valence-corrected chi connectivity index (χ3v) is 3.36. The lowest BCUT2D eigenvalue weighted by molar-refractivity contribution is -0.660. The van der Waals surface area contributed by atoms with E-state index < -0.39 is 0 Å². The number of rotatable bonds is 1. The van der Waals surface area contributed by atoms with Gasteiger partial charge in [-0.2, -0.15) is 0 Å². The maximum Gasteiger partial charge on any atom is 0.356 e. The van der Waals surface area contributed by atoms with Crippen molar-refractivity contribution in [1.82, 2.24) is 4.57 Å². The first-order valence-electron chi connectivity index (χ1n) is 5.62. The predicted octanol–water partition coefficient (Wildman–Crippen LogP) is 1.48. The topological polar surface area (TPSA) is 34.8 Å². The number of nitrogens with two attached hydrogens (primary N) is 1. The van der Waals surface area contributed by atoms with Gasteiger partial charge in [0.1, 0.15) is 11.0 Å². The Kier molecular flexibility index (Phi) is 1.75. The summed E-state index contributed by atoms with van der Waals surface area (Å²) in [5, 5.41) is 0. The third kappa shape index (κ3) is 1.03. The van der Waals surface area contributed by atoms with Gasteiger partial charge in [0.05, 0.1) is 13.1 Å². The molecule has 0 aliphatic carbocycles. The normalized spacial score (nSPS) is 14.7. The van der Waals surface area contributed by atoms with Crippen LogP contribution in [0.15, 0.2) is 18.2 Å². The second-order valence-corrected chi connectivity index (χ2v) is 4.14. The van der Waals surface area contributed by atoms with E-state index in [0.29, 0.717) is 0 Å². The van der Waals surface area contributed by atoms with Gasteiger partial charge in [-0.25, -0.2) is 9.13 Å². The van der Waals surface area contributed by atoms with Gasteiger partial charge in [-0.15, -0.1) is 0 Å². The van der Waals surface area contributed by atoms with Gasteiger partial charge >= 0.3 is 5.95 Å². The summed E-state index contributed by atoms with van der Waals surface area (Å²) in [6, 6.07) is 6.52. The quantitative estimate of drug-likeness (QED) is 0.698. The van der Waals surface area contributed by atoms with Gasteiger partial charge in [0.2, 0.25) is 0 Å². The lowest BCUT2D eigenvalue weighted by atomic mass is 10.0. The van der Waals surface area contributed by atoms with Gasteiger partial charge in [-0.3, -0.25) is 5.73 Å². The molecule has 3 heteroatoms. The average molecular weight is 202 g/mol. The van der Waals surface area contributed by atoms with E-state index >= 15 is 0 Å². The molecule has 3 nitrogen and oxygen atoms in total. The average Bonchev–Trinajstić information content (AvgIpc) is 2.55. The number of para-hydroxylation sites is 1. The standard InChI is InChI=1S/C12H15N3/c1-2-14-10-7-3-5-9-6-4-8-15(11(9)10)12(14)13/h3,5,7,13H,2,4,6,8H2,1H3/p+1. The van der Waals surface area contributed by atoms with Crippen LogP contribution in [0.2, 0.25) is 0 Å². The van der Waals surface area contributed by atoms with Crippen LogP contribution in [0.1, 0.15) is 18.9 Å². The van der Waals surface area contributed by atoms with E-state index in [1.165, 1.54) is 29.4 Å². The molecule has 3 rings (SSSR count). The second-order valence-electron chi connectivity index (χ2n) is 4.14. The van der Waals surface area contributed by atoms with E-state index in [4.69, 9.17) is 5.73 Å². The van der Waals surface area contributed by atoms with E-state index in [0.717, 1.165) is 19.0 Å². The van der Waals surface area contributed by atoms with Crippen molar-refractivity contribution in [1.29, 1.82) is 0 Å². The van der Waals surface area contributed by atoms with Crippen LogP contribution in [0.4, 0.5) is 5.95 Å². The van der Waals surface area contributed by atoms with Gasteiger partial charge in [0.25, 0.3) is 0 Å². The Bertz CT molecular complexity index is 525. The van der Waals surface area contributed by atoms with Crippen LogP contribution >= 0.6 is 0 Å². The summed E-state index contributed by atoms with van der Waals surface area (Å²) in [6.07, 6.45) is 2.39. The molecule has 0 spiro atoms. The molecular weight excluding hydrogens is 186 g/mol. The Morgan fingerprint density at radius 3 is 3.13 bits per heavy atom. The fourth-order valence-corrected chi connectivity index (χ4v) is 2.68. The number of benzene rings is 1. The number of nitrogens with zero attached hydrogens (tertiary/aromatic N) is 2. The Balaban J connectivity index is 2.48. The first kappa shape index (κ1) is 8.77. The Hall–Kier alpha value is -1.51. The van der Waals surface area contributed by atoms with E-state index in [-0.39, 0.29) is 0 Å². The third-order valence-electron chi connectivity index (χ3n) is 3.36. The summed E-state index contributed by atoms with van der Waals surface area (Å²) >= 11 is 0. The maximum absolute atomic E-state index is 6.17. The maximum atomic E-state index is 6.17. The van der Waals surface area contributed by atoms with Crippen molar-refractivity contribution in [3.8, 4) is 0 Å². The van der Waals surface area contributed by atoms with Gasteiger partial charge in [-0.1, -0.05) is 12.1 Å². The van der Waals surface area contributed by atoms with Crippen molar-refractivity contribution in [2.24, 2.45) is 0 Å². The van der Waals surface area contributed by atoms with Crippen LogP contribution < -0.4 is 10.3 Å². The number of hydrogen-bond donors (Lipinski definition) is 1. The molecule has 1 aromatic carbocycles. The summed E-state index contributed by atoms with van der Waals surface area (Å²) < 4.78 is 4.46. The van der Waals surface area contributed by atoms with Gasteiger partial charge < -0.3 is 0 Å². The molecule has 2 aromatic rings. The molecule has 0 atom stereocenters. The van der Waals surface area contributed by atoms with E-state index in [9.17, 15) is 0 Å². The highest BCUT2D eigenvalue weighted by molar-refractivity contribution is 5.78. The number of aromatic nitrogens is 2. The monoisotopic (exact) mass is 202 g/mol. The molecule has 0 radical (unpaired) electrons. The zero-order valence-electron chi connectivity index (χ0n) is 9.03. The number of hydrogen-bond acceptors (Lipinski definition) is 1. The van der Waals surface area contributed by atoms with E-state index in [2.05, 4.69) is 34.3 Å². The van der Waals surface area contributed by atoms with Gasteiger partial charge in [0, 0.05) is 0 Å². The first-order valence-corrected chi connectivity index (χ1v) is 5.62. The molecular formula is C12H16N3+. The minimum Gasteiger partial charge on any atom is -0.290 e. The summed E-state index contributed by atoms with van der Waals surface area (Å²) in [6.45, 7) is 4.15. The van der Waals surface area contributed by atoms with Crippen LogP contribution in [0, 0.1) is 0 Å². The van der Waals surface area contributed by atoms with E-state index in [1.54, 1.807) is 0 Å². The molecule has 1 aliphatic rings. The highest BCUT2D eigenvalue weighted by Gasteiger charge is 2.24. The molecule has 15 heavy (non-hydrogen) atoms. The van der Waals surface area contributed by atoms with Crippen molar-refractivity contribution >= 4 is 17.0 Å². The molecule has 78 valence electrons. The van der Waals surface area contributed by atoms with Gasteiger partial charge in [0.15, 0.2) is 0 Å². The van der Waals surface area contributed by atoms with Crippen LogP contribution in [0.3, 0.4) is 0 Å². The number of imidazole rings is 1. The minimum absolute atomic E-state index is 0.902. The zero-order chi connectivity index (χ0) is 10.4. The first-order chi connectivity index (χ1) is 7.33. The SMILES string of the molecule is CCn1c(N)[n+]2c3c(cccc31)CCC2. The van der Waals surface area contributed by atoms with E-state index in [1.807, 2.05) is 0 Å². The molecule has 1 aliphatic heterocycles. The molecule has 0 saturated carbocycles. The van der Waals surface area contributed by atoms with Crippen LogP contribution in [0.25, 0.3) is 11.0 Å².